The summed E-state index contributed by atoms with van der Waals surface area (Å²) in [7, 11) is 0. The highest BCUT2D eigenvalue weighted by Gasteiger charge is 2.39. The van der Waals surface area contributed by atoms with E-state index in [2.05, 4.69) is 4.99 Å². The molecule has 3 aliphatic carbocycles. The number of fused-ring (bicyclic) bond motifs is 3. The Balaban J connectivity index is 1.90. The van der Waals surface area contributed by atoms with Crippen molar-refractivity contribution in [2.75, 3.05) is 6.54 Å². The van der Waals surface area contributed by atoms with Gasteiger partial charge < -0.3 is 0 Å². The van der Waals surface area contributed by atoms with Crippen molar-refractivity contribution < 1.29 is 4.79 Å². The maximum absolute atomic E-state index is 9.96. The minimum atomic E-state index is 0.565. The lowest BCUT2D eigenvalue weighted by Gasteiger charge is -2.46. The molecule has 72 valence electrons. The third-order valence-electron chi connectivity index (χ3n) is 4.07. The summed E-state index contributed by atoms with van der Waals surface area (Å²) in [5.74, 6) is 1.02. The fourth-order valence-electron chi connectivity index (χ4n) is 3.05. The molecule has 3 rings (SSSR count). The second-order valence-corrected chi connectivity index (χ2v) is 4.71. The molecule has 0 spiro atoms. The molecular formula is C11H17NO. The van der Waals surface area contributed by atoms with Gasteiger partial charge in [-0.1, -0.05) is 0 Å². The van der Waals surface area contributed by atoms with Crippen molar-refractivity contribution in [3.63, 3.8) is 0 Å². The van der Waals surface area contributed by atoms with Gasteiger partial charge in [-0.2, -0.15) is 0 Å². The molecule has 0 aromatic heterocycles. The molecule has 13 heavy (non-hydrogen) atoms. The van der Waals surface area contributed by atoms with Crippen LogP contribution in [0.25, 0.3) is 0 Å². The smallest absolute Gasteiger partial charge is 0.211 e. The van der Waals surface area contributed by atoms with Gasteiger partial charge in [0.25, 0.3) is 0 Å². The van der Waals surface area contributed by atoms with Crippen molar-refractivity contribution in [1.29, 1.82) is 0 Å². The van der Waals surface area contributed by atoms with Gasteiger partial charge in [0.1, 0.15) is 0 Å². The first kappa shape index (κ1) is 8.96. The van der Waals surface area contributed by atoms with Gasteiger partial charge >= 0.3 is 0 Å². The Kier molecular flexibility index (Phi) is 2.50. The Labute approximate surface area is 79.4 Å². The summed E-state index contributed by atoms with van der Waals surface area (Å²) < 4.78 is 0. The van der Waals surface area contributed by atoms with Crippen molar-refractivity contribution in [1.82, 2.24) is 0 Å². The second-order valence-electron chi connectivity index (χ2n) is 4.71. The van der Waals surface area contributed by atoms with Crippen LogP contribution < -0.4 is 0 Å². The zero-order valence-electron chi connectivity index (χ0n) is 8.09. The van der Waals surface area contributed by atoms with E-state index < -0.39 is 0 Å². The van der Waals surface area contributed by atoms with Gasteiger partial charge in [-0.05, 0) is 56.3 Å². The molecule has 0 aromatic carbocycles. The van der Waals surface area contributed by atoms with E-state index in [1.54, 1.807) is 6.08 Å². The van der Waals surface area contributed by atoms with E-state index in [0.29, 0.717) is 12.0 Å². The third kappa shape index (κ3) is 1.83. The normalized spacial score (nSPS) is 37.1. The van der Waals surface area contributed by atoms with Crippen LogP contribution in [0.5, 0.6) is 0 Å². The van der Waals surface area contributed by atoms with Crippen LogP contribution in [0.3, 0.4) is 0 Å². The molecule has 0 heterocycles. The van der Waals surface area contributed by atoms with E-state index in [1.165, 1.54) is 38.5 Å². The largest absolute Gasteiger partial charge is 0.234 e. The van der Waals surface area contributed by atoms with Crippen molar-refractivity contribution in [3.8, 4) is 0 Å². The summed E-state index contributed by atoms with van der Waals surface area (Å²) in [4.78, 5) is 13.6. The zero-order chi connectivity index (χ0) is 9.15. The minimum absolute atomic E-state index is 0.565. The predicted molar refractivity (Wildman–Crippen MR) is 51.2 cm³/mol. The molecule has 2 nitrogen and oxygen atoms in total. The highest BCUT2D eigenvalue weighted by atomic mass is 16.1. The molecule has 3 saturated carbocycles. The summed E-state index contributed by atoms with van der Waals surface area (Å²) in [5, 5.41) is 0. The monoisotopic (exact) mass is 179 g/mol. The van der Waals surface area contributed by atoms with Gasteiger partial charge in [0, 0.05) is 0 Å². The Morgan fingerprint density at radius 3 is 2.38 bits per heavy atom. The van der Waals surface area contributed by atoms with E-state index in [-0.39, 0.29) is 0 Å². The molecule has 0 saturated heterocycles. The Bertz CT molecular complexity index is 208. The summed E-state index contributed by atoms with van der Waals surface area (Å²) in [5.41, 5.74) is 0.565. The van der Waals surface area contributed by atoms with E-state index in [0.717, 1.165) is 12.3 Å². The molecule has 3 fully saturated rings. The van der Waals surface area contributed by atoms with Crippen LogP contribution in [0.2, 0.25) is 0 Å². The van der Waals surface area contributed by atoms with Crippen molar-refractivity contribution in [2.45, 2.75) is 44.9 Å². The number of aliphatic imine (C=N–C) groups is 1. The van der Waals surface area contributed by atoms with Crippen LogP contribution in [0.1, 0.15) is 44.9 Å². The van der Waals surface area contributed by atoms with Crippen LogP contribution in [0, 0.1) is 11.3 Å². The first-order chi connectivity index (χ1) is 6.35. The lowest BCUT2D eigenvalue weighted by atomic mass is 9.59. The van der Waals surface area contributed by atoms with Gasteiger partial charge in [-0.15, -0.1) is 0 Å². The van der Waals surface area contributed by atoms with Crippen LogP contribution in [0.4, 0.5) is 0 Å². The predicted octanol–water partition coefficient (Wildman–Crippen LogP) is 2.68. The molecule has 0 aromatic rings. The Hall–Kier alpha value is -0.620. The van der Waals surface area contributed by atoms with Gasteiger partial charge in [-0.3, -0.25) is 0 Å². The third-order valence-corrected chi connectivity index (χ3v) is 4.07. The number of hydrogen-bond donors (Lipinski definition) is 0. The van der Waals surface area contributed by atoms with Crippen molar-refractivity contribution >= 4 is 6.08 Å². The van der Waals surface area contributed by atoms with E-state index in [9.17, 15) is 4.79 Å². The lowest BCUT2D eigenvalue weighted by Crippen LogP contribution is -2.34. The Morgan fingerprint density at radius 2 is 1.85 bits per heavy atom. The molecule has 0 aliphatic heterocycles. The van der Waals surface area contributed by atoms with E-state index >= 15 is 0 Å². The van der Waals surface area contributed by atoms with Gasteiger partial charge in [0.2, 0.25) is 6.08 Å². The molecule has 2 heteroatoms. The number of carbonyl (C=O) groups excluding carboxylic acids is 1. The fourth-order valence-corrected chi connectivity index (χ4v) is 3.05. The number of hydrogen-bond acceptors (Lipinski definition) is 2. The average molecular weight is 179 g/mol. The number of rotatable bonds is 3. The minimum Gasteiger partial charge on any atom is -0.211 e. The van der Waals surface area contributed by atoms with Crippen LogP contribution in [-0.2, 0) is 4.79 Å². The molecule has 0 N–H and O–H groups in total. The standard InChI is InChI=1S/C11H17NO/c13-9-12-8-7-11-4-1-10(2-5-11)3-6-11/h10H,1-8H2. The molecular weight excluding hydrogens is 162 g/mol. The maximum Gasteiger partial charge on any atom is 0.234 e. The first-order valence-electron chi connectivity index (χ1n) is 5.38. The molecule has 0 atom stereocenters. The second kappa shape index (κ2) is 3.63. The van der Waals surface area contributed by atoms with E-state index in [4.69, 9.17) is 0 Å². The van der Waals surface area contributed by atoms with Crippen molar-refractivity contribution in [3.05, 3.63) is 0 Å². The zero-order valence-corrected chi connectivity index (χ0v) is 8.09. The highest BCUT2D eigenvalue weighted by molar-refractivity contribution is 5.32. The van der Waals surface area contributed by atoms with Crippen LogP contribution >= 0.6 is 0 Å². The molecule has 0 radical (unpaired) electrons. The van der Waals surface area contributed by atoms with E-state index in [1.807, 2.05) is 0 Å². The lowest BCUT2D eigenvalue weighted by molar-refractivity contribution is 0.0591. The van der Waals surface area contributed by atoms with Crippen molar-refractivity contribution in [2.24, 2.45) is 16.3 Å². The summed E-state index contributed by atoms with van der Waals surface area (Å²) in [6.07, 6.45) is 11.2. The first-order valence-corrected chi connectivity index (χ1v) is 5.38. The summed E-state index contributed by atoms with van der Waals surface area (Å²) in [6, 6.07) is 0. The number of isocyanates is 1. The SMILES string of the molecule is O=C=NCCC12CCC(CC1)CC2. The molecule has 3 aliphatic rings. The summed E-state index contributed by atoms with van der Waals surface area (Å²) >= 11 is 0. The van der Waals surface area contributed by atoms with Crippen LogP contribution in [-0.4, -0.2) is 12.6 Å². The highest BCUT2D eigenvalue weighted by Crippen LogP contribution is 2.52. The molecule has 2 bridgehead atoms. The fraction of sp³-hybridized carbons (Fsp3) is 0.909. The quantitative estimate of drug-likeness (QED) is 0.484. The average Bonchev–Trinajstić information content (AvgIpc) is 2.21. The topological polar surface area (TPSA) is 29.4 Å². The molecule has 0 amide bonds. The molecule has 0 unspecified atom stereocenters. The van der Waals surface area contributed by atoms with Gasteiger partial charge in [0.05, 0.1) is 6.54 Å². The Morgan fingerprint density at radius 1 is 1.23 bits per heavy atom. The summed E-state index contributed by atoms with van der Waals surface area (Å²) in [6.45, 7) is 0.703. The van der Waals surface area contributed by atoms with Gasteiger partial charge in [-0.25, -0.2) is 9.79 Å². The number of nitrogens with zero attached hydrogens (tertiary/aromatic N) is 1. The maximum atomic E-state index is 9.96. The van der Waals surface area contributed by atoms with Crippen LogP contribution in [0.15, 0.2) is 4.99 Å². The van der Waals surface area contributed by atoms with Gasteiger partial charge in [0.15, 0.2) is 0 Å².